The molecular weight excluding hydrogens is 266 g/mol. The molecule has 0 unspecified atom stereocenters. The van der Waals surface area contributed by atoms with Crippen LogP contribution in [0, 0.1) is 0 Å². The molecule has 0 fully saturated rings. The summed E-state index contributed by atoms with van der Waals surface area (Å²) < 4.78 is 3.72. The average molecular weight is 275 g/mol. The van der Waals surface area contributed by atoms with Crippen LogP contribution in [0.25, 0.3) is 0 Å². The molecule has 0 radical (unpaired) electrons. The number of carboxylic acid groups (broad SMARTS) is 1. The van der Waals surface area contributed by atoms with Gasteiger partial charge >= 0.3 is 77.4 Å². The van der Waals surface area contributed by atoms with E-state index >= 15 is 0 Å². The number of nitrogens with zero attached hydrogens (tertiary/aromatic N) is 1. The number of carboxylic acids is 1. The van der Waals surface area contributed by atoms with Crippen LogP contribution >= 0.6 is 11.8 Å². The second-order valence-electron chi connectivity index (χ2n) is 1.74. The molecule has 0 bridgehead atoms. The maximum absolute atomic E-state index is 10.3. The Morgan fingerprint density at radius 2 is 2.50 bits per heavy atom. The SMILES string of the molecule is CSCC[C@H](N=[Te])C(=O)O. The Labute approximate surface area is 77.4 Å². The predicted molar refractivity (Wildman–Crippen MR) is 42.6 cm³/mol. The van der Waals surface area contributed by atoms with Gasteiger partial charge in [-0.05, 0) is 0 Å². The van der Waals surface area contributed by atoms with Crippen molar-refractivity contribution in [2.45, 2.75) is 12.5 Å². The van der Waals surface area contributed by atoms with Crippen molar-refractivity contribution in [2.75, 3.05) is 12.0 Å². The van der Waals surface area contributed by atoms with Gasteiger partial charge in [0.2, 0.25) is 0 Å². The summed E-state index contributed by atoms with van der Waals surface area (Å²) in [5.74, 6) is 0.0369. The zero-order valence-corrected chi connectivity index (χ0v) is 8.76. The van der Waals surface area contributed by atoms with Gasteiger partial charge in [-0.15, -0.1) is 0 Å². The Morgan fingerprint density at radius 3 is 2.80 bits per heavy atom. The molecule has 0 aromatic rings. The summed E-state index contributed by atoms with van der Waals surface area (Å²) >= 11 is 3.12. The first-order chi connectivity index (χ1) is 4.72. The van der Waals surface area contributed by atoms with Gasteiger partial charge in [-0.2, -0.15) is 0 Å². The molecule has 0 heterocycles. The van der Waals surface area contributed by atoms with Crippen LogP contribution in [0.15, 0.2) is 3.18 Å². The van der Waals surface area contributed by atoms with E-state index in [0.29, 0.717) is 6.42 Å². The minimum absolute atomic E-state index is 0.503. The van der Waals surface area contributed by atoms with Gasteiger partial charge in [-0.3, -0.25) is 0 Å². The summed E-state index contributed by atoms with van der Waals surface area (Å²) in [6.45, 7) is 0. The first-order valence-corrected chi connectivity index (χ1v) is 5.20. The summed E-state index contributed by atoms with van der Waals surface area (Å²) in [4.78, 5) is 10.3. The quantitative estimate of drug-likeness (QED) is 0.745. The summed E-state index contributed by atoms with van der Waals surface area (Å²) in [7, 11) is 0. The van der Waals surface area contributed by atoms with Crippen LogP contribution in [-0.4, -0.2) is 51.2 Å². The van der Waals surface area contributed by atoms with E-state index in [1.165, 1.54) is 22.1 Å². The number of aliphatic carboxylic acids is 1. The van der Waals surface area contributed by atoms with Crippen molar-refractivity contribution in [2.24, 2.45) is 3.18 Å². The van der Waals surface area contributed by atoms with Crippen molar-refractivity contribution in [3.63, 3.8) is 0 Å². The third-order valence-electron chi connectivity index (χ3n) is 1.01. The van der Waals surface area contributed by atoms with Gasteiger partial charge in [0.15, 0.2) is 0 Å². The Bertz CT molecular complexity index is 131. The zero-order chi connectivity index (χ0) is 7.98. The molecule has 0 aliphatic carbocycles. The Balaban J connectivity index is 3.60. The normalized spacial score (nSPS) is 12.5. The molecule has 0 saturated heterocycles. The van der Waals surface area contributed by atoms with Crippen LogP contribution in [0.2, 0.25) is 0 Å². The van der Waals surface area contributed by atoms with E-state index in [-0.39, 0.29) is 0 Å². The topological polar surface area (TPSA) is 49.7 Å². The molecule has 0 aliphatic rings. The van der Waals surface area contributed by atoms with Crippen LogP contribution in [0.5, 0.6) is 0 Å². The third-order valence-corrected chi connectivity index (χ3v) is 2.38. The van der Waals surface area contributed by atoms with E-state index in [4.69, 9.17) is 5.11 Å². The molecule has 0 rings (SSSR count). The molecule has 0 spiro atoms. The number of rotatable bonds is 5. The van der Waals surface area contributed by atoms with Crippen LogP contribution in [-0.2, 0) is 4.79 Å². The number of carbonyl (C=O) groups is 1. The summed E-state index contributed by atoms with van der Waals surface area (Å²) in [6.07, 6.45) is 2.59. The van der Waals surface area contributed by atoms with Gasteiger partial charge < -0.3 is 0 Å². The van der Waals surface area contributed by atoms with Gasteiger partial charge in [0.25, 0.3) is 0 Å². The molecular formula is C5H9NO2STe. The molecule has 58 valence electrons. The van der Waals surface area contributed by atoms with Gasteiger partial charge in [-0.25, -0.2) is 0 Å². The van der Waals surface area contributed by atoms with Crippen LogP contribution in [0.1, 0.15) is 6.42 Å². The van der Waals surface area contributed by atoms with Crippen molar-refractivity contribution >= 4 is 39.9 Å². The van der Waals surface area contributed by atoms with Gasteiger partial charge in [0.1, 0.15) is 0 Å². The monoisotopic (exact) mass is 277 g/mol. The molecule has 0 aromatic carbocycles. The van der Waals surface area contributed by atoms with E-state index in [2.05, 4.69) is 3.18 Å². The van der Waals surface area contributed by atoms with E-state index in [9.17, 15) is 4.79 Å². The number of thioether (sulfide) groups is 1. The maximum atomic E-state index is 10.3. The van der Waals surface area contributed by atoms with Crippen molar-refractivity contribution in [1.82, 2.24) is 0 Å². The fraction of sp³-hybridized carbons (Fsp3) is 0.800. The fourth-order valence-electron chi connectivity index (χ4n) is 0.451. The first-order valence-electron chi connectivity index (χ1n) is 2.76. The molecule has 0 aliphatic heterocycles. The average Bonchev–Trinajstić information content (AvgIpc) is 1.89. The number of hydrogen-bond acceptors (Lipinski definition) is 3. The molecule has 3 nitrogen and oxygen atoms in total. The van der Waals surface area contributed by atoms with Gasteiger partial charge in [0, 0.05) is 0 Å². The van der Waals surface area contributed by atoms with Crippen molar-refractivity contribution in [3.05, 3.63) is 0 Å². The van der Waals surface area contributed by atoms with Gasteiger partial charge in [0.05, 0.1) is 0 Å². The summed E-state index contributed by atoms with van der Waals surface area (Å²) in [5, 5.41) is 8.50. The molecule has 0 aromatic heterocycles. The first kappa shape index (κ1) is 10.4. The van der Waals surface area contributed by atoms with Crippen molar-refractivity contribution < 1.29 is 9.90 Å². The standard InChI is InChI=1S/C5H9NO2STe/c1-9-3-2-4(6-10)5(7)8/h4H,2-3H2,1H3,(H,7,8)/t4-/m0/s1. The van der Waals surface area contributed by atoms with E-state index in [1.54, 1.807) is 11.8 Å². The summed E-state index contributed by atoms with van der Waals surface area (Å²) in [5.41, 5.74) is 0. The molecule has 5 heteroatoms. The molecule has 10 heavy (non-hydrogen) atoms. The Hall–Kier alpha value is 0.410. The van der Waals surface area contributed by atoms with E-state index in [1.807, 2.05) is 6.26 Å². The van der Waals surface area contributed by atoms with E-state index in [0.717, 1.165) is 5.75 Å². The molecule has 1 N–H and O–H groups in total. The minimum atomic E-state index is -0.820. The Kier molecular flexibility index (Phi) is 6.39. The molecule has 0 saturated carbocycles. The van der Waals surface area contributed by atoms with E-state index < -0.39 is 12.0 Å². The molecule has 0 amide bonds. The third kappa shape index (κ3) is 4.26. The Morgan fingerprint density at radius 1 is 1.90 bits per heavy atom. The fourth-order valence-corrected chi connectivity index (χ4v) is 1.47. The van der Waals surface area contributed by atoms with Crippen molar-refractivity contribution in [1.29, 1.82) is 0 Å². The second kappa shape index (κ2) is 6.14. The summed E-state index contributed by atoms with van der Waals surface area (Å²) in [6, 6.07) is -0.503. The van der Waals surface area contributed by atoms with Crippen LogP contribution in [0.3, 0.4) is 0 Å². The van der Waals surface area contributed by atoms with Gasteiger partial charge in [-0.1, -0.05) is 0 Å². The predicted octanol–water partition coefficient (Wildman–Crippen LogP) is 0.545. The zero-order valence-electron chi connectivity index (χ0n) is 5.61. The van der Waals surface area contributed by atoms with Crippen LogP contribution < -0.4 is 0 Å². The van der Waals surface area contributed by atoms with Crippen molar-refractivity contribution in [3.8, 4) is 0 Å². The number of hydrogen-bond donors (Lipinski definition) is 1. The molecule has 1 atom stereocenters. The van der Waals surface area contributed by atoms with Crippen LogP contribution in [0.4, 0.5) is 0 Å². The second-order valence-corrected chi connectivity index (χ2v) is 3.33.